The van der Waals surface area contributed by atoms with E-state index in [1.165, 1.54) is 0 Å². The van der Waals surface area contributed by atoms with Crippen molar-refractivity contribution >= 4 is 5.69 Å². The van der Waals surface area contributed by atoms with E-state index >= 15 is 0 Å². The van der Waals surface area contributed by atoms with Crippen LogP contribution in [0, 0.1) is 5.92 Å². The molecule has 1 aromatic rings. The molecule has 0 aliphatic carbocycles. The normalized spacial score (nSPS) is 26.4. The lowest BCUT2D eigenvalue weighted by Crippen LogP contribution is -2.48. The van der Waals surface area contributed by atoms with E-state index in [2.05, 4.69) is 37.2 Å². The van der Waals surface area contributed by atoms with Gasteiger partial charge in [0.2, 0.25) is 0 Å². The first kappa shape index (κ1) is 16.0. The lowest BCUT2D eigenvalue weighted by atomic mass is 9.89. The van der Waals surface area contributed by atoms with Crippen LogP contribution in [0.3, 0.4) is 0 Å². The number of benzene rings is 1. The van der Waals surface area contributed by atoms with Crippen LogP contribution in [0.15, 0.2) is 18.2 Å². The molecule has 21 heavy (non-hydrogen) atoms. The molecule has 1 saturated heterocycles. The van der Waals surface area contributed by atoms with E-state index in [0.29, 0.717) is 24.6 Å². The second-order valence-corrected chi connectivity index (χ2v) is 6.05. The predicted molar refractivity (Wildman–Crippen MR) is 87.4 cm³/mol. The molecule has 4 heteroatoms. The molecule has 0 bridgehead atoms. The van der Waals surface area contributed by atoms with Crippen molar-refractivity contribution in [2.75, 3.05) is 32.6 Å². The Bertz CT molecular complexity index is 464. The summed E-state index contributed by atoms with van der Waals surface area (Å²) in [6, 6.07) is 7.19. The average molecular weight is 292 g/mol. The number of methoxy groups -OCH3 is 1. The van der Waals surface area contributed by atoms with Gasteiger partial charge < -0.3 is 19.7 Å². The molecule has 0 spiro atoms. The highest BCUT2D eigenvalue weighted by Crippen LogP contribution is 2.32. The Labute approximate surface area is 128 Å². The lowest BCUT2D eigenvalue weighted by Gasteiger charge is -2.40. The molecule has 118 valence electrons. The number of likely N-dealkylation sites (tertiary alicyclic amines) is 1. The first-order valence-electron chi connectivity index (χ1n) is 7.82. The van der Waals surface area contributed by atoms with Crippen molar-refractivity contribution < 1.29 is 9.47 Å². The van der Waals surface area contributed by atoms with Crippen LogP contribution in [-0.4, -0.2) is 44.3 Å². The van der Waals surface area contributed by atoms with Crippen LogP contribution in [0.4, 0.5) is 5.69 Å². The number of nitrogens with one attached hydrogen (secondary N) is 1. The SMILES string of the molecule is CCOc1ccc(NC2CC(C)N(C)CC2C)cc1OC. The zero-order chi connectivity index (χ0) is 15.4. The van der Waals surface area contributed by atoms with Crippen molar-refractivity contribution in [2.24, 2.45) is 5.92 Å². The Morgan fingerprint density at radius 1 is 1.29 bits per heavy atom. The van der Waals surface area contributed by atoms with Crippen LogP contribution in [0.1, 0.15) is 27.2 Å². The molecule has 1 aliphatic heterocycles. The zero-order valence-electron chi connectivity index (χ0n) is 13.8. The molecule has 0 radical (unpaired) electrons. The molecule has 1 N–H and O–H groups in total. The maximum atomic E-state index is 5.57. The topological polar surface area (TPSA) is 33.7 Å². The van der Waals surface area contributed by atoms with E-state index in [-0.39, 0.29) is 0 Å². The van der Waals surface area contributed by atoms with Gasteiger partial charge in [-0.15, -0.1) is 0 Å². The van der Waals surface area contributed by atoms with Gasteiger partial charge in [-0.25, -0.2) is 0 Å². The Balaban J connectivity index is 2.08. The summed E-state index contributed by atoms with van der Waals surface area (Å²) in [4.78, 5) is 2.43. The standard InChI is InChI=1S/C17H28N2O2/c1-6-21-16-8-7-14(10-17(16)20-5)18-15-9-13(3)19(4)11-12(15)2/h7-8,10,12-13,15,18H,6,9,11H2,1-5H3. The van der Waals surface area contributed by atoms with Crippen LogP contribution in [0.2, 0.25) is 0 Å². The van der Waals surface area contributed by atoms with Crippen molar-refractivity contribution in [1.82, 2.24) is 4.90 Å². The number of anilines is 1. The van der Waals surface area contributed by atoms with Crippen LogP contribution < -0.4 is 14.8 Å². The molecule has 0 saturated carbocycles. The number of nitrogens with zero attached hydrogens (tertiary/aromatic N) is 1. The summed E-state index contributed by atoms with van der Waals surface area (Å²) in [7, 11) is 3.89. The van der Waals surface area contributed by atoms with Gasteiger partial charge in [-0.05, 0) is 45.4 Å². The third kappa shape index (κ3) is 3.82. The summed E-state index contributed by atoms with van der Waals surface area (Å²) >= 11 is 0. The highest BCUT2D eigenvalue weighted by molar-refractivity contribution is 5.55. The summed E-state index contributed by atoms with van der Waals surface area (Å²) in [5, 5.41) is 3.66. The molecule has 3 unspecified atom stereocenters. The van der Waals surface area contributed by atoms with E-state index in [9.17, 15) is 0 Å². The molecular weight excluding hydrogens is 264 g/mol. The highest BCUT2D eigenvalue weighted by atomic mass is 16.5. The van der Waals surface area contributed by atoms with Crippen molar-refractivity contribution in [2.45, 2.75) is 39.3 Å². The second kappa shape index (κ2) is 7.03. The summed E-state index contributed by atoms with van der Waals surface area (Å²) in [6.07, 6.45) is 1.16. The van der Waals surface area contributed by atoms with E-state index in [0.717, 1.165) is 30.2 Å². The first-order valence-corrected chi connectivity index (χ1v) is 7.82. The number of ether oxygens (including phenoxy) is 2. The summed E-state index contributed by atoms with van der Waals surface area (Å²) < 4.78 is 11.0. The highest BCUT2D eigenvalue weighted by Gasteiger charge is 2.28. The summed E-state index contributed by atoms with van der Waals surface area (Å²) in [6.45, 7) is 8.36. The Kier molecular flexibility index (Phi) is 5.34. The van der Waals surface area contributed by atoms with Crippen molar-refractivity contribution in [3.63, 3.8) is 0 Å². The third-order valence-corrected chi connectivity index (χ3v) is 4.43. The second-order valence-electron chi connectivity index (χ2n) is 6.05. The zero-order valence-corrected chi connectivity index (χ0v) is 13.8. The minimum Gasteiger partial charge on any atom is -0.493 e. The van der Waals surface area contributed by atoms with Gasteiger partial charge in [-0.3, -0.25) is 0 Å². The van der Waals surface area contributed by atoms with Crippen LogP contribution in [-0.2, 0) is 0 Å². The Morgan fingerprint density at radius 2 is 2.05 bits per heavy atom. The molecule has 1 aromatic carbocycles. The quantitative estimate of drug-likeness (QED) is 0.903. The van der Waals surface area contributed by atoms with Gasteiger partial charge in [-0.1, -0.05) is 6.92 Å². The maximum Gasteiger partial charge on any atom is 0.162 e. The minimum absolute atomic E-state index is 0.499. The molecule has 1 heterocycles. The predicted octanol–water partition coefficient (Wildman–Crippen LogP) is 3.23. The van der Waals surface area contributed by atoms with Gasteiger partial charge in [0, 0.05) is 30.4 Å². The molecule has 4 nitrogen and oxygen atoms in total. The maximum absolute atomic E-state index is 5.57. The van der Waals surface area contributed by atoms with E-state index in [1.807, 2.05) is 19.1 Å². The largest absolute Gasteiger partial charge is 0.493 e. The average Bonchev–Trinajstić information content (AvgIpc) is 2.46. The van der Waals surface area contributed by atoms with Gasteiger partial charge in [0.1, 0.15) is 0 Å². The molecule has 2 rings (SSSR count). The number of rotatable bonds is 5. The molecule has 0 aromatic heterocycles. The van der Waals surface area contributed by atoms with Crippen LogP contribution >= 0.6 is 0 Å². The molecule has 0 amide bonds. The monoisotopic (exact) mass is 292 g/mol. The Morgan fingerprint density at radius 3 is 2.71 bits per heavy atom. The van der Waals surface area contributed by atoms with Crippen molar-refractivity contribution in [3.05, 3.63) is 18.2 Å². The first-order chi connectivity index (χ1) is 10.0. The minimum atomic E-state index is 0.499. The lowest BCUT2D eigenvalue weighted by molar-refractivity contribution is 0.145. The van der Waals surface area contributed by atoms with Crippen LogP contribution in [0.5, 0.6) is 11.5 Å². The van der Waals surface area contributed by atoms with Gasteiger partial charge in [-0.2, -0.15) is 0 Å². The van der Waals surface area contributed by atoms with Crippen LogP contribution in [0.25, 0.3) is 0 Å². The summed E-state index contributed by atoms with van der Waals surface area (Å²) in [5.41, 5.74) is 1.10. The van der Waals surface area contributed by atoms with E-state index < -0.39 is 0 Å². The van der Waals surface area contributed by atoms with Gasteiger partial charge >= 0.3 is 0 Å². The smallest absolute Gasteiger partial charge is 0.162 e. The number of piperidine rings is 1. The van der Waals surface area contributed by atoms with E-state index in [1.54, 1.807) is 7.11 Å². The summed E-state index contributed by atoms with van der Waals surface area (Å²) in [5.74, 6) is 2.22. The van der Waals surface area contributed by atoms with E-state index in [4.69, 9.17) is 9.47 Å². The number of hydrogen-bond donors (Lipinski definition) is 1. The molecular formula is C17H28N2O2. The fourth-order valence-electron chi connectivity index (χ4n) is 2.99. The Hall–Kier alpha value is -1.42. The molecule has 1 aliphatic rings. The van der Waals surface area contributed by atoms with Crippen molar-refractivity contribution in [3.8, 4) is 11.5 Å². The fourth-order valence-corrected chi connectivity index (χ4v) is 2.99. The van der Waals surface area contributed by atoms with Gasteiger partial charge in [0.25, 0.3) is 0 Å². The molecule has 1 fully saturated rings. The fraction of sp³-hybridized carbons (Fsp3) is 0.647. The van der Waals surface area contributed by atoms with Gasteiger partial charge in [0.05, 0.1) is 13.7 Å². The third-order valence-electron chi connectivity index (χ3n) is 4.43. The molecule has 3 atom stereocenters. The van der Waals surface area contributed by atoms with Crippen molar-refractivity contribution in [1.29, 1.82) is 0 Å². The number of hydrogen-bond acceptors (Lipinski definition) is 4. The van der Waals surface area contributed by atoms with Gasteiger partial charge in [0.15, 0.2) is 11.5 Å².